The van der Waals surface area contributed by atoms with Crippen LogP contribution >= 0.6 is 0 Å². The van der Waals surface area contributed by atoms with Crippen molar-refractivity contribution in [1.29, 1.82) is 5.26 Å². The maximum absolute atomic E-state index is 12.2. The zero-order valence-corrected chi connectivity index (χ0v) is 11.2. The molecule has 0 unspecified atom stereocenters. The lowest BCUT2D eigenvalue weighted by Crippen LogP contribution is -2.35. The second-order valence-electron chi connectivity index (χ2n) is 5.21. The van der Waals surface area contributed by atoms with E-state index in [1.54, 1.807) is 24.3 Å². The highest BCUT2D eigenvalue weighted by Gasteiger charge is 2.15. The average Bonchev–Trinajstić information content (AvgIpc) is 2.41. The van der Waals surface area contributed by atoms with E-state index in [2.05, 4.69) is 11.4 Å². The molecule has 1 aromatic rings. The van der Waals surface area contributed by atoms with Crippen molar-refractivity contribution in [1.82, 2.24) is 5.32 Å². The Bertz CT molecular complexity index is 468. The molecule has 0 saturated heterocycles. The standard InChI is InChI=1S/C16H20N2O/c17-12-13-7-6-8-14(11-13)16(19)18-15-9-4-2-1-3-5-10-15/h6-8,11,15H,1-5,9-10H2,(H,18,19). The Morgan fingerprint density at radius 2 is 1.84 bits per heavy atom. The molecular weight excluding hydrogens is 236 g/mol. The molecule has 0 atom stereocenters. The SMILES string of the molecule is N#Cc1cccc(C(=O)NC2CCCCCCC2)c1. The van der Waals surface area contributed by atoms with Crippen molar-refractivity contribution in [3.05, 3.63) is 35.4 Å². The molecule has 1 amide bonds. The number of amides is 1. The summed E-state index contributed by atoms with van der Waals surface area (Å²) in [5.74, 6) is -0.0531. The van der Waals surface area contributed by atoms with Crippen LogP contribution in [0.5, 0.6) is 0 Å². The van der Waals surface area contributed by atoms with Gasteiger partial charge in [-0.15, -0.1) is 0 Å². The minimum atomic E-state index is -0.0531. The fourth-order valence-electron chi connectivity index (χ4n) is 2.60. The van der Waals surface area contributed by atoms with Crippen molar-refractivity contribution in [2.75, 3.05) is 0 Å². The fraction of sp³-hybridized carbons (Fsp3) is 0.500. The summed E-state index contributed by atoms with van der Waals surface area (Å²) in [6.07, 6.45) is 8.41. The summed E-state index contributed by atoms with van der Waals surface area (Å²) in [5.41, 5.74) is 1.12. The number of carbonyl (C=O) groups excluding carboxylic acids is 1. The molecule has 0 radical (unpaired) electrons. The van der Waals surface area contributed by atoms with E-state index in [4.69, 9.17) is 5.26 Å². The summed E-state index contributed by atoms with van der Waals surface area (Å²) in [6, 6.07) is 9.24. The van der Waals surface area contributed by atoms with Crippen LogP contribution in [0.25, 0.3) is 0 Å². The zero-order valence-electron chi connectivity index (χ0n) is 11.2. The summed E-state index contributed by atoms with van der Waals surface area (Å²) < 4.78 is 0. The van der Waals surface area contributed by atoms with Gasteiger partial charge in [0.2, 0.25) is 0 Å². The van der Waals surface area contributed by atoms with Crippen molar-refractivity contribution in [3.63, 3.8) is 0 Å². The first-order valence-corrected chi connectivity index (χ1v) is 7.10. The van der Waals surface area contributed by atoms with Crippen LogP contribution in [0, 0.1) is 11.3 Å². The number of nitriles is 1. The van der Waals surface area contributed by atoms with Crippen molar-refractivity contribution < 1.29 is 4.79 Å². The number of rotatable bonds is 2. The molecule has 2 rings (SSSR count). The highest BCUT2D eigenvalue weighted by atomic mass is 16.1. The van der Waals surface area contributed by atoms with Gasteiger partial charge in [0.05, 0.1) is 11.6 Å². The molecule has 0 spiro atoms. The van der Waals surface area contributed by atoms with Crippen LogP contribution in [-0.4, -0.2) is 11.9 Å². The number of nitrogens with zero attached hydrogens (tertiary/aromatic N) is 1. The Hall–Kier alpha value is -1.82. The highest BCUT2D eigenvalue weighted by molar-refractivity contribution is 5.94. The number of carbonyl (C=O) groups is 1. The first kappa shape index (κ1) is 13.6. The van der Waals surface area contributed by atoms with Gasteiger partial charge in [-0.05, 0) is 31.0 Å². The van der Waals surface area contributed by atoms with Gasteiger partial charge >= 0.3 is 0 Å². The van der Waals surface area contributed by atoms with Crippen molar-refractivity contribution in [3.8, 4) is 6.07 Å². The van der Waals surface area contributed by atoms with Gasteiger partial charge < -0.3 is 5.32 Å². The number of benzene rings is 1. The summed E-state index contributed by atoms with van der Waals surface area (Å²) >= 11 is 0. The maximum atomic E-state index is 12.2. The third-order valence-electron chi connectivity index (χ3n) is 3.69. The molecular formula is C16H20N2O. The monoisotopic (exact) mass is 256 g/mol. The Morgan fingerprint density at radius 3 is 2.53 bits per heavy atom. The third-order valence-corrected chi connectivity index (χ3v) is 3.69. The van der Waals surface area contributed by atoms with Gasteiger partial charge in [-0.25, -0.2) is 0 Å². The maximum Gasteiger partial charge on any atom is 0.251 e. The van der Waals surface area contributed by atoms with Gasteiger partial charge in [0.25, 0.3) is 5.91 Å². The molecule has 0 aromatic heterocycles. The molecule has 3 nitrogen and oxygen atoms in total. The molecule has 0 aliphatic heterocycles. The summed E-state index contributed by atoms with van der Waals surface area (Å²) in [6.45, 7) is 0. The van der Waals surface area contributed by atoms with Gasteiger partial charge in [-0.3, -0.25) is 4.79 Å². The van der Waals surface area contributed by atoms with Crippen LogP contribution in [0.3, 0.4) is 0 Å². The molecule has 19 heavy (non-hydrogen) atoms. The molecule has 0 heterocycles. The van der Waals surface area contributed by atoms with E-state index >= 15 is 0 Å². The van der Waals surface area contributed by atoms with Crippen LogP contribution in [0.4, 0.5) is 0 Å². The largest absolute Gasteiger partial charge is 0.349 e. The molecule has 100 valence electrons. The number of hydrogen-bond donors (Lipinski definition) is 1. The van der Waals surface area contributed by atoms with E-state index in [-0.39, 0.29) is 5.91 Å². The normalized spacial score (nSPS) is 17.0. The van der Waals surface area contributed by atoms with Gasteiger partial charge in [-0.1, -0.05) is 38.2 Å². The lowest BCUT2D eigenvalue weighted by molar-refractivity contribution is 0.0930. The van der Waals surface area contributed by atoms with Crippen molar-refractivity contribution >= 4 is 5.91 Å². The molecule has 1 saturated carbocycles. The molecule has 1 N–H and O–H groups in total. The lowest BCUT2D eigenvalue weighted by Gasteiger charge is -2.21. The van der Waals surface area contributed by atoms with Crippen LogP contribution in [0.2, 0.25) is 0 Å². The smallest absolute Gasteiger partial charge is 0.251 e. The Balaban J connectivity index is 1.97. The first-order chi connectivity index (χ1) is 9.29. The first-order valence-electron chi connectivity index (χ1n) is 7.10. The Morgan fingerprint density at radius 1 is 1.16 bits per heavy atom. The summed E-state index contributed by atoms with van der Waals surface area (Å²) in [7, 11) is 0. The number of nitrogens with one attached hydrogen (secondary N) is 1. The lowest BCUT2D eigenvalue weighted by atomic mass is 9.96. The topological polar surface area (TPSA) is 52.9 Å². The zero-order chi connectivity index (χ0) is 13.5. The van der Waals surface area contributed by atoms with Gasteiger partial charge in [-0.2, -0.15) is 5.26 Å². The minimum Gasteiger partial charge on any atom is -0.349 e. The Kier molecular flexibility index (Phi) is 4.97. The van der Waals surface area contributed by atoms with E-state index in [1.807, 2.05) is 0 Å². The minimum absolute atomic E-state index is 0.0531. The highest BCUT2D eigenvalue weighted by Crippen LogP contribution is 2.17. The van der Waals surface area contributed by atoms with E-state index in [0.29, 0.717) is 17.2 Å². The van der Waals surface area contributed by atoms with E-state index < -0.39 is 0 Å². The summed E-state index contributed by atoms with van der Waals surface area (Å²) in [4.78, 5) is 12.2. The van der Waals surface area contributed by atoms with E-state index in [9.17, 15) is 4.79 Å². The predicted octanol–water partition coefficient (Wildman–Crippen LogP) is 3.40. The van der Waals surface area contributed by atoms with Crippen LogP contribution in [0.1, 0.15) is 60.9 Å². The second-order valence-corrected chi connectivity index (χ2v) is 5.21. The van der Waals surface area contributed by atoms with Crippen LogP contribution in [-0.2, 0) is 0 Å². The van der Waals surface area contributed by atoms with Gasteiger partial charge in [0.1, 0.15) is 0 Å². The average molecular weight is 256 g/mol. The van der Waals surface area contributed by atoms with E-state index in [1.165, 1.54) is 32.1 Å². The van der Waals surface area contributed by atoms with E-state index in [0.717, 1.165) is 12.8 Å². The molecule has 3 heteroatoms. The van der Waals surface area contributed by atoms with Crippen LogP contribution in [0.15, 0.2) is 24.3 Å². The van der Waals surface area contributed by atoms with Gasteiger partial charge in [0, 0.05) is 11.6 Å². The fourth-order valence-corrected chi connectivity index (χ4v) is 2.60. The van der Waals surface area contributed by atoms with Crippen molar-refractivity contribution in [2.24, 2.45) is 0 Å². The third kappa shape index (κ3) is 4.10. The number of hydrogen-bond acceptors (Lipinski definition) is 2. The molecule has 1 aliphatic carbocycles. The Labute approximate surface area is 114 Å². The van der Waals surface area contributed by atoms with Crippen molar-refractivity contribution in [2.45, 2.75) is 51.0 Å². The molecule has 1 aliphatic rings. The molecule has 1 aromatic carbocycles. The molecule has 0 bridgehead atoms. The van der Waals surface area contributed by atoms with Gasteiger partial charge in [0.15, 0.2) is 0 Å². The predicted molar refractivity (Wildman–Crippen MR) is 74.7 cm³/mol. The second kappa shape index (κ2) is 6.94. The van der Waals surface area contributed by atoms with Crippen LogP contribution < -0.4 is 5.32 Å². The quantitative estimate of drug-likeness (QED) is 0.881. The molecule has 1 fully saturated rings. The summed E-state index contributed by atoms with van der Waals surface area (Å²) in [5, 5.41) is 12.0.